The number of aliphatic hydroxyl groups excluding tert-OH is 3. The van der Waals surface area contributed by atoms with Gasteiger partial charge in [0.1, 0.15) is 17.3 Å². The molecular weight excluding hydrogens is 320 g/mol. The summed E-state index contributed by atoms with van der Waals surface area (Å²) in [5.41, 5.74) is -4.81. The Morgan fingerprint density at radius 3 is 2.28 bits per heavy atom. The third kappa shape index (κ3) is 2.07. The van der Waals surface area contributed by atoms with Crippen molar-refractivity contribution in [2.75, 3.05) is 0 Å². The van der Waals surface area contributed by atoms with E-state index in [9.17, 15) is 20.4 Å². The van der Waals surface area contributed by atoms with E-state index in [1.807, 2.05) is 13.8 Å². The molecule has 1 heterocycles. The fourth-order valence-corrected chi connectivity index (χ4v) is 5.72. The van der Waals surface area contributed by atoms with E-state index >= 15 is 0 Å². The summed E-state index contributed by atoms with van der Waals surface area (Å²) in [5.74, 6) is 0. The van der Waals surface area contributed by atoms with E-state index in [1.54, 1.807) is 32.9 Å². The summed E-state index contributed by atoms with van der Waals surface area (Å²) >= 11 is 0. The predicted molar refractivity (Wildman–Crippen MR) is 94.9 cm³/mol. The SMILES string of the molecule is C=C[C@@]1(C)C[C@H](O)[C@@]2(O)[C@](C)(O1)[C@@H](O)C=C1C(C)(C)CC[C@H](O)[C@@]12C. The van der Waals surface area contributed by atoms with E-state index in [1.165, 1.54) is 0 Å². The maximum atomic E-state index is 11.9. The average Bonchev–Trinajstić information content (AvgIpc) is 2.51. The smallest absolute Gasteiger partial charge is 0.133 e. The van der Waals surface area contributed by atoms with Gasteiger partial charge in [0, 0.05) is 11.8 Å². The number of rotatable bonds is 1. The molecule has 7 atom stereocenters. The van der Waals surface area contributed by atoms with Crippen LogP contribution < -0.4 is 0 Å². The molecule has 3 aliphatic rings. The Morgan fingerprint density at radius 1 is 1.12 bits per heavy atom. The second-order valence-electron chi connectivity index (χ2n) is 9.38. The van der Waals surface area contributed by atoms with Gasteiger partial charge in [-0.2, -0.15) is 0 Å². The highest BCUT2D eigenvalue weighted by atomic mass is 16.6. The first-order valence-electron chi connectivity index (χ1n) is 9.12. The van der Waals surface area contributed by atoms with Crippen LogP contribution in [0.4, 0.5) is 0 Å². The average molecular weight is 352 g/mol. The molecule has 2 fully saturated rings. The van der Waals surface area contributed by atoms with E-state index in [-0.39, 0.29) is 11.8 Å². The Bertz CT molecular complexity index is 628. The van der Waals surface area contributed by atoms with Crippen LogP contribution in [0.5, 0.6) is 0 Å². The topological polar surface area (TPSA) is 90.2 Å². The summed E-state index contributed by atoms with van der Waals surface area (Å²) in [7, 11) is 0. The first-order chi connectivity index (χ1) is 11.3. The van der Waals surface area contributed by atoms with Gasteiger partial charge in [-0.3, -0.25) is 0 Å². The molecule has 1 saturated carbocycles. The molecule has 0 aromatic carbocycles. The second-order valence-corrected chi connectivity index (χ2v) is 9.38. The van der Waals surface area contributed by atoms with Crippen molar-refractivity contribution in [2.45, 2.75) is 89.0 Å². The van der Waals surface area contributed by atoms with Crippen LogP contribution in [0.3, 0.4) is 0 Å². The Balaban J connectivity index is 2.29. The Kier molecular flexibility index (Phi) is 3.94. The van der Waals surface area contributed by atoms with Crippen LogP contribution in [0, 0.1) is 10.8 Å². The van der Waals surface area contributed by atoms with Crippen molar-refractivity contribution in [3.8, 4) is 0 Å². The summed E-state index contributed by atoms with van der Waals surface area (Å²) in [6.45, 7) is 13.1. The van der Waals surface area contributed by atoms with Crippen molar-refractivity contribution in [3.63, 3.8) is 0 Å². The molecule has 0 amide bonds. The minimum atomic E-state index is -1.83. The van der Waals surface area contributed by atoms with Gasteiger partial charge in [-0.1, -0.05) is 38.5 Å². The highest BCUT2D eigenvalue weighted by Crippen LogP contribution is 2.65. The molecule has 25 heavy (non-hydrogen) atoms. The fourth-order valence-electron chi connectivity index (χ4n) is 5.72. The summed E-state index contributed by atoms with van der Waals surface area (Å²) in [4.78, 5) is 0. The lowest BCUT2D eigenvalue weighted by molar-refractivity contribution is -0.357. The van der Waals surface area contributed by atoms with Gasteiger partial charge in [0.25, 0.3) is 0 Å². The third-order valence-corrected chi connectivity index (χ3v) is 7.39. The molecule has 0 aromatic rings. The zero-order valence-corrected chi connectivity index (χ0v) is 15.9. The van der Waals surface area contributed by atoms with Gasteiger partial charge in [-0.05, 0) is 32.1 Å². The molecule has 2 aliphatic carbocycles. The molecular formula is C20H32O5. The normalized spacial score (nSPS) is 54.9. The molecule has 0 bridgehead atoms. The molecule has 5 heteroatoms. The van der Waals surface area contributed by atoms with E-state index in [0.29, 0.717) is 6.42 Å². The van der Waals surface area contributed by atoms with Crippen molar-refractivity contribution in [1.29, 1.82) is 0 Å². The molecule has 1 aliphatic heterocycles. The highest BCUT2D eigenvalue weighted by Gasteiger charge is 2.75. The number of aliphatic hydroxyl groups is 4. The standard InChI is InChI=1S/C20H32O5/c1-7-17(4)11-15(23)20(24)18(5)12(10-14(22)19(20,6)25-17)16(2,3)9-8-13(18)21/h7,10,13-15,21-24H,1,8-9,11H2,2-6H3/t13-,14-,15-,17-,18+,19+,20-/m0/s1. The van der Waals surface area contributed by atoms with Gasteiger partial charge in [0.15, 0.2) is 0 Å². The van der Waals surface area contributed by atoms with Gasteiger partial charge in [-0.15, -0.1) is 6.58 Å². The fraction of sp³-hybridized carbons (Fsp3) is 0.800. The van der Waals surface area contributed by atoms with Gasteiger partial charge in [0.2, 0.25) is 0 Å². The molecule has 142 valence electrons. The van der Waals surface area contributed by atoms with Crippen LogP contribution in [0.25, 0.3) is 0 Å². The van der Waals surface area contributed by atoms with E-state index in [0.717, 1.165) is 12.0 Å². The lowest BCUT2D eigenvalue weighted by Gasteiger charge is -2.69. The molecule has 0 spiro atoms. The van der Waals surface area contributed by atoms with Crippen LogP contribution >= 0.6 is 0 Å². The Morgan fingerprint density at radius 2 is 1.72 bits per heavy atom. The molecule has 0 radical (unpaired) electrons. The molecule has 4 N–H and O–H groups in total. The Hall–Kier alpha value is -0.720. The van der Waals surface area contributed by atoms with E-state index < -0.39 is 40.5 Å². The zero-order valence-electron chi connectivity index (χ0n) is 15.9. The molecule has 0 aromatic heterocycles. The number of hydrogen-bond donors (Lipinski definition) is 4. The molecule has 0 unspecified atom stereocenters. The zero-order chi connectivity index (χ0) is 19.1. The largest absolute Gasteiger partial charge is 0.392 e. The third-order valence-electron chi connectivity index (χ3n) is 7.39. The van der Waals surface area contributed by atoms with Crippen LogP contribution in [0.2, 0.25) is 0 Å². The van der Waals surface area contributed by atoms with Crippen molar-refractivity contribution < 1.29 is 25.2 Å². The van der Waals surface area contributed by atoms with Crippen LogP contribution in [-0.4, -0.2) is 55.5 Å². The molecule has 1 saturated heterocycles. The first kappa shape index (κ1) is 19.1. The van der Waals surface area contributed by atoms with E-state index in [2.05, 4.69) is 6.58 Å². The van der Waals surface area contributed by atoms with Gasteiger partial charge in [0.05, 0.1) is 17.8 Å². The lowest BCUT2D eigenvalue weighted by atomic mass is 9.44. The maximum Gasteiger partial charge on any atom is 0.133 e. The number of fused-ring (bicyclic) bond motifs is 3. The highest BCUT2D eigenvalue weighted by molar-refractivity contribution is 5.41. The summed E-state index contributed by atoms with van der Waals surface area (Å²) in [6.07, 6.45) is 1.59. The van der Waals surface area contributed by atoms with Crippen molar-refractivity contribution in [3.05, 3.63) is 24.3 Å². The van der Waals surface area contributed by atoms with E-state index in [4.69, 9.17) is 4.74 Å². The number of ether oxygens (including phenoxy) is 1. The molecule has 5 nitrogen and oxygen atoms in total. The van der Waals surface area contributed by atoms with Crippen LogP contribution in [-0.2, 0) is 4.74 Å². The lowest BCUT2D eigenvalue weighted by Crippen LogP contribution is -2.82. The predicted octanol–water partition coefficient (Wildman–Crippen LogP) is 1.69. The summed E-state index contributed by atoms with van der Waals surface area (Å²) < 4.78 is 6.20. The Labute approximate surface area is 150 Å². The van der Waals surface area contributed by atoms with Crippen molar-refractivity contribution in [2.24, 2.45) is 10.8 Å². The maximum absolute atomic E-state index is 11.9. The summed E-state index contributed by atoms with van der Waals surface area (Å²) in [6, 6.07) is 0. The van der Waals surface area contributed by atoms with Gasteiger partial charge < -0.3 is 25.2 Å². The molecule has 3 rings (SSSR count). The van der Waals surface area contributed by atoms with Gasteiger partial charge >= 0.3 is 0 Å². The number of hydrogen-bond acceptors (Lipinski definition) is 5. The summed E-state index contributed by atoms with van der Waals surface area (Å²) in [5, 5.41) is 44.9. The van der Waals surface area contributed by atoms with Crippen LogP contribution in [0.15, 0.2) is 24.3 Å². The van der Waals surface area contributed by atoms with Crippen LogP contribution in [0.1, 0.15) is 53.9 Å². The quantitative estimate of drug-likeness (QED) is 0.539. The van der Waals surface area contributed by atoms with Crippen molar-refractivity contribution in [1.82, 2.24) is 0 Å². The minimum Gasteiger partial charge on any atom is -0.392 e. The first-order valence-corrected chi connectivity index (χ1v) is 9.12. The van der Waals surface area contributed by atoms with Crippen molar-refractivity contribution >= 4 is 0 Å². The minimum absolute atomic E-state index is 0.144. The second kappa shape index (κ2) is 5.17. The monoisotopic (exact) mass is 352 g/mol. The van der Waals surface area contributed by atoms with Gasteiger partial charge in [-0.25, -0.2) is 0 Å².